The van der Waals surface area contributed by atoms with Gasteiger partial charge in [0.05, 0.1) is 4.47 Å². The van der Waals surface area contributed by atoms with Crippen LogP contribution < -0.4 is 5.32 Å². The van der Waals surface area contributed by atoms with Crippen LogP contribution in [0.25, 0.3) is 11.0 Å². The highest BCUT2D eigenvalue weighted by atomic mass is 79.9. The van der Waals surface area contributed by atoms with Crippen molar-refractivity contribution in [3.8, 4) is 0 Å². The van der Waals surface area contributed by atoms with Crippen molar-refractivity contribution in [2.75, 3.05) is 5.32 Å². The first-order valence-electron chi connectivity index (χ1n) is 6.58. The molecule has 0 aliphatic carbocycles. The zero-order valence-electron chi connectivity index (χ0n) is 11.6. The Bertz CT molecular complexity index is 884. The number of fused-ring (bicyclic) bond motifs is 1. The summed E-state index contributed by atoms with van der Waals surface area (Å²) in [7, 11) is 0. The number of anilines is 1. The standard InChI is InChI=1S/C16H10BrF2NO3/c17-11-5-10(6-12(18)15(11)19)20-7-8-1-2-9-4-14(16(21)22)23-13(9)3-8/h1-6,20H,7H2,(H,21,22). The highest BCUT2D eigenvalue weighted by molar-refractivity contribution is 9.10. The van der Waals surface area contributed by atoms with E-state index in [0.717, 1.165) is 11.6 Å². The number of furan rings is 1. The molecule has 0 amide bonds. The minimum atomic E-state index is -1.13. The number of carbonyl (C=O) groups is 1. The second-order valence-electron chi connectivity index (χ2n) is 4.90. The van der Waals surface area contributed by atoms with E-state index in [4.69, 9.17) is 9.52 Å². The van der Waals surface area contributed by atoms with Gasteiger partial charge >= 0.3 is 5.97 Å². The van der Waals surface area contributed by atoms with Crippen LogP contribution in [0.2, 0.25) is 0 Å². The van der Waals surface area contributed by atoms with Gasteiger partial charge in [-0.2, -0.15) is 0 Å². The Morgan fingerprint density at radius 3 is 2.70 bits per heavy atom. The Hall–Kier alpha value is -2.41. The summed E-state index contributed by atoms with van der Waals surface area (Å²) in [5.74, 6) is -3.15. The van der Waals surface area contributed by atoms with E-state index in [0.29, 0.717) is 23.2 Å². The molecular formula is C16H10BrF2NO3. The number of hydrogen-bond acceptors (Lipinski definition) is 3. The van der Waals surface area contributed by atoms with Gasteiger partial charge in [0.2, 0.25) is 5.76 Å². The zero-order chi connectivity index (χ0) is 16.6. The van der Waals surface area contributed by atoms with Crippen LogP contribution in [0.4, 0.5) is 14.5 Å². The van der Waals surface area contributed by atoms with Crippen molar-refractivity contribution in [2.45, 2.75) is 6.54 Å². The van der Waals surface area contributed by atoms with Crippen LogP contribution in [0.3, 0.4) is 0 Å². The molecule has 2 aromatic carbocycles. The van der Waals surface area contributed by atoms with Crippen molar-refractivity contribution in [1.82, 2.24) is 0 Å². The fourth-order valence-corrected chi connectivity index (χ4v) is 2.59. The van der Waals surface area contributed by atoms with E-state index in [-0.39, 0.29) is 10.2 Å². The molecule has 3 rings (SSSR count). The van der Waals surface area contributed by atoms with Gasteiger partial charge < -0.3 is 14.8 Å². The third-order valence-electron chi connectivity index (χ3n) is 3.28. The molecule has 0 spiro atoms. The van der Waals surface area contributed by atoms with Crippen LogP contribution in [0, 0.1) is 11.6 Å². The molecule has 2 N–H and O–H groups in total. The largest absolute Gasteiger partial charge is 0.475 e. The molecule has 7 heteroatoms. The molecule has 0 saturated carbocycles. The van der Waals surface area contributed by atoms with Crippen molar-refractivity contribution in [3.63, 3.8) is 0 Å². The average molecular weight is 382 g/mol. The number of benzene rings is 2. The molecule has 0 aliphatic heterocycles. The summed E-state index contributed by atoms with van der Waals surface area (Å²) >= 11 is 2.95. The quantitative estimate of drug-likeness (QED) is 0.638. The topological polar surface area (TPSA) is 62.5 Å². The van der Waals surface area contributed by atoms with E-state index in [9.17, 15) is 13.6 Å². The first-order valence-corrected chi connectivity index (χ1v) is 7.37. The molecule has 0 radical (unpaired) electrons. The molecule has 118 valence electrons. The van der Waals surface area contributed by atoms with Gasteiger partial charge in [0, 0.05) is 23.7 Å². The van der Waals surface area contributed by atoms with Crippen molar-refractivity contribution < 1.29 is 23.1 Å². The second-order valence-corrected chi connectivity index (χ2v) is 5.75. The van der Waals surface area contributed by atoms with Crippen LogP contribution in [0.15, 0.2) is 45.3 Å². The molecule has 23 heavy (non-hydrogen) atoms. The molecule has 4 nitrogen and oxygen atoms in total. The summed E-state index contributed by atoms with van der Waals surface area (Å²) in [4.78, 5) is 10.9. The van der Waals surface area contributed by atoms with Crippen molar-refractivity contribution in [1.29, 1.82) is 0 Å². The lowest BCUT2D eigenvalue weighted by molar-refractivity contribution is 0.0665. The van der Waals surface area contributed by atoms with Crippen LogP contribution >= 0.6 is 15.9 Å². The molecule has 0 unspecified atom stereocenters. The Morgan fingerprint density at radius 2 is 2.00 bits per heavy atom. The number of halogens is 3. The first-order chi connectivity index (χ1) is 10.9. The fraction of sp³-hybridized carbons (Fsp3) is 0.0625. The second kappa shape index (κ2) is 6.00. The summed E-state index contributed by atoms with van der Waals surface area (Å²) in [5, 5.41) is 12.6. The fourth-order valence-electron chi connectivity index (χ4n) is 2.15. The Kier molecular flexibility index (Phi) is 4.04. The molecule has 1 heterocycles. The summed E-state index contributed by atoms with van der Waals surface area (Å²) < 4.78 is 31.8. The Labute approximate surface area is 137 Å². The average Bonchev–Trinajstić information content (AvgIpc) is 2.94. The van der Waals surface area contributed by atoms with Gasteiger partial charge in [-0.1, -0.05) is 12.1 Å². The van der Waals surface area contributed by atoms with Crippen LogP contribution in [0.5, 0.6) is 0 Å². The molecule has 0 atom stereocenters. The van der Waals surface area contributed by atoms with Gasteiger partial charge in [-0.05, 0) is 39.7 Å². The van der Waals surface area contributed by atoms with Gasteiger partial charge in [-0.3, -0.25) is 0 Å². The van der Waals surface area contributed by atoms with Crippen LogP contribution in [-0.4, -0.2) is 11.1 Å². The lowest BCUT2D eigenvalue weighted by Crippen LogP contribution is -2.00. The molecule has 0 saturated heterocycles. The van der Waals surface area contributed by atoms with Crippen LogP contribution in [-0.2, 0) is 6.54 Å². The van der Waals surface area contributed by atoms with Gasteiger partial charge in [0.1, 0.15) is 5.58 Å². The third kappa shape index (κ3) is 3.19. The molecule has 0 aliphatic rings. The number of rotatable bonds is 4. The van der Waals surface area contributed by atoms with Gasteiger partial charge in [0.25, 0.3) is 0 Å². The van der Waals surface area contributed by atoms with Gasteiger partial charge in [-0.15, -0.1) is 0 Å². The number of carboxylic acid groups (broad SMARTS) is 1. The Morgan fingerprint density at radius 1 is 1.22 bits per heavy atom. The monoisotopic (exact) mass is 381 g/mol. The lowest BCUT2D eigenvalue weighted by Gasteiger charge is -2.08. The zero-order valence-corrected chi connectivity index (χ0v) is 13.2. The summed E-state index contributed by atoms with van der Waals surface area (Å²) in [6, 6.07) is 9.18. The van der Waals surface area contributed by atoms with E-state index in [1.165, 1.54) is 12.1 Å². The predicted octanol–water partition coefficient (Wildman–Crippen LogP) is 4.78. The highest BCUT2D eigenvalue weighted by Crippen LogP contribution is 2.25. The van der Waals surface area contributed by atoms with E-state index < -0.39 is 17.6 Å². The number of aromatic carboxylic acids is 1. The smallest absolute Gasteiger partial charge is 0.371 e. The highest BCUT2D eigenvalue weighted by Gasteiger charge is 2.11. The van der Waals surface area contributed by atoms with E-state index in [1.807, 2.05) is 0 Å². The third-order valence-corrected chi connectivity index (χ3v) is 3.85. The van der Waals surface area contributed by atoms with Crippen molar-refractivity contribution in [2.24, 2.45) is 0 Å². The number of carboxylic acids is 1. The SMILES string of the molecule is O=C(O)c1cc2ccc(CNc3cc(F)c(F)c(Br)c3)cc2o1. The van der Waals surface area contributed by atoms with Gasteiger partial charge in [0.15, 0.2) is 11.6 Å². The maximum atomic E-state index is 13.3. The summed E-state index contributed by atoms with van der Waals surface area (Å²) in [6.07, 6.45) is 0. The maximum Gasteiger partial charge on any atom is 0.371 e. The molecule has 0 fully saturated rings. The van der Waals surface area contributed by atoms with E-state index in [1.54, 1.807) is 18.2 Å². The molecule has 0 bridgehead atoms. The maximum absolute atomic E-state index is 13.3. The van der Waals surface area contributed by atoms with Crippen molar-refractivity contribution in [3.05, 3.63) is 63.8 Å². The molecule has 3 aromatic rings. The first kappa shape index (κ1) is 15.5. The predicted molar refractivity (Wildman–Crippen MR) is 84.6 cm³/mol. The Balaban J connectivity index is 1.80. The minimum absolute atomic E-state index is 0.0348. The number of nitrogens with one attached hydrogen (secondary N) is 1. The van der Waals surface area contributed by atoms with E-state index in [2.05, 4.69) is 21.2 Å². The normalized spacial score (nSPS) is 10.9. The minimum Gasteiger partial charge on any atom is -0.475 e. The number of hydrogen-bond donors (Lipinski definition) is 2. The van der Waals surface area contributed by atoms with Crippen molar-refractivity contribution >= 4 is 38.6 Å². The summed E-state index contributed by atoms with van der Waals surface area (Å²) in [6.45, 7) is 0.344. The molecular weight excluding hydrogens is 372 g/mol. The lowest BCUT2D eigenvalue weighted by atomic mass is 10.1. The van der Waals surface area contributed by atoms with Crippen LogP contribution in [0.1, 0.15) is 16.1 Å². The summed E-state index contributed by atoms with van der Waals surface area (Å²) in [5.41, 5.74) is 1.68. The van der Waals surface area contributed by atoms with E-state index >= 15 is 0 Å². The molecule has 1 aromatic heterocycles. The van der Waals surface area contributed by atoms with Gasteiger partial charge in [-0.25, -0.2) is 13.6 Å².